The second kappa shape index (κ2) is 4.94. The van der Waals surface area contributed by atoms with E-state index in [1.54, 1.807) is 0 Å². The molecule has 0 aliphatic heterocycles. The Balaban J connectivity index is 2.68. The zero-order valence-electron chi connectivity index (χ0n) is 11.6. The molecule has 2 aromatic rings. The Morgan fingerprint density at radius 1 is 1.22 bits per heavy atom. The third-order valence-electron chi connectivity index (χ3n) is 3.44. The van der Waals surface area contributed by atoms with Gasteiger partial charge in [0, 0.05) is 24.3 Å². The van der Waals surface area contributed by atoms with Crippen molar-refractivity contribution in [3.63, 3.8) is 0 Å². The average Bonchev–Trinajstić information content (AvgIpc) is 2.64. The van der Waals surface area contributed by atoms with Crippen LogP contribution in [0.25, 0.3) is 11.1 Å². The van der Waals surface area contributed by atoms with Gasteiger partial charge < -0.3 is 5.73 Å². The summed E-state index contributed by atoms with van der Waals surface area (Å²) in [6, 6.07) is 6.44. The van der Waals surface area contributed by atoms with E-state index in [0.717, 1.165) is 12.2 Å². The maximum Gasteiger partial charge on any atom is 0.0675 e. The van der Waals surface area contributed by atoms with Gasteiger partial charge in [0.1, 0.15) is 0 Å². The highest BCUT2D eigenvalue weighted by atomic mass is 15.3. The fourth-order valence-corrected chi connectivity index (χ4v) is 2.50. The first-order chi connectivity index (χ1) is 8.58. The van der Waals surface area contributed by atoms with Crippen LogP contribution in [-0.4, -0.2) is 9.78 Å². The number of hydrogen-bond donors (Lipinski definition) is 1. The van der Waals surface area contributed by atoms with Crippen molar-refractivity contribution in [2.24, 2.45) is 5.73 Å². The molecule has 3 heteroatoms. The summed E-state index contributed by atoms with van der Waals surface area (Å²) in [5.74, 6) is 0. The summed E-state index contributed by atoms with van der Waals surface area (Å²) in [5.41, 5.74) is 13.1. The van der Waals surface area contributed by atoms with E-state index in [1.807, 2.05) is 4.68 Å². The van der Waals surface area contributed by atoms with Crippen LogP contribution in [0.5, 0.6) is 0 Å². The third kappa shape index (κ3) is 2.06. The third-order valence-corrected chi connectivity index (χ3v) is 3.44. The van der Waals surface area contributed by atoms with Gasteiger partial charge in [-0.05, 0) is 38.8 Å². The maximum atomic E-state index is 5.85. The van der Waals surface area contributed by atoms with Crippen LogP contribution in [-0.2, 0) is 13.1 Å². The number of aryl methyl sites for hydroxylation is 3. The van der Waals surface area contributed by atoms with Gasteiger partial charge in [0.25, 0.3) is 0 Å². The van der Waals surface area contributed by atoms with Crippen LogP contribution in [0.15, 0.2) is 18.2 Å². The van der Waals surface area contributed by atoms with Gasteiger partial charge in [0.2, 0.25) is 0 Å². The van der Waals surface area contributed by atoms with Crippen molar-refractivity contribution in [2.45, 2.75) is 40.8 Å². The molecule has 2 N–H and O–H groups in total. The summed E-state index contributed by atoms with van der Waals surface area (Å²) in [6.07, 6.45) is 0. The molecule has 3 nitrogen and oxygen atoms in total. The van der Waals surface area contributed by atoms with E-state index in [-0.39, 0.29) is 0 Å². The first-order valence-corrected chi connectivity index (χ1v) is 6.42. The predicted octanol–water partition coefficient (Wildman–Crippen LogP) is 2.95. The molecule has 0 radical (unpaired) electrons. The summed E-state index contributed by atoms with van der Waals surface area (Å²) >= 11 is 0. The first kappa shape index (κ1) is 12.8. The van der Waals surface area contributed by atoms with E-state index in [4.69, 9.17) is 5.73 Å². The van der Waals surface area contributed by atoms with Crippen LogP contribution in [0, 0.1) is 20.8 Å². The molecular weight excluding hydrogens is 222 g/mol. The van der Waals surface area contributed by atoms with E-state index in [2.05, 4.69) is 51.0 Å². The van der Waals surface area contributed by atoms with Crippen LogP contribution >= 0.6 is 0 Å². The van der Waals surface area contributed by atoms with Gasteiger partial charge in [-0.1, -0.05) is 23.8 Å². The van der Waals surface area contributed by atoms with E-state index in [0.29, 0.717) is 6.54 Å². The fourth-order valence-electron chi connectivity index (χ4n) is 2.50. The highest BCUT2D eigenvalue weighted by molar-refractivity contribution is 5.72. The number of aromatic nitrogens is 2. The number of hydrogen-bond acceptors (Lipinski definition) is 2. The summed E-state index contributed by atoms with van der Waals surface area (Å²) in [5, 5.41) is 4.59. The lowest BCUT2D eigenvalue weighted by atomic mass is 9.96. The SMILES string of the molecule is CCn1nc(C)c(-c2cc(C)ccc2CN)c1C. The van der Waals surface area contributed by atoms with Crippen molar-refractivity contribution < 1.29 is 0 Å². The van der Waals surface area contributed by atoms with Gasteiger partial charge in [-0.3, -0.25) is 4.68 Å². The van der Waals surface area contributed by atoms with E-state index >= 15 is 0 Å². The molecule has 0 bridgehead atoms. The molecule has 2 rings (SSSR count). The second-order valence-electron chi connectivity index (χ2n) is 4.73. The van der Waals surface area contributed by atoms with Gasteiger partial charge in [0.05, 0.1) is 5.69 Å². The van der Waals surface area contributed by atoms with Gasteiger partial charge in [-0.25, -0.2) is 0 Å². The Hall–Kier alpha value is -1.61. The fraction of sp³-hybridized carbons (Fsp3) is 0.400. The average molecular weight is 243 g/mol. The van der Waals surface area contributed by atoms with Crippen LogP contribution in [0.3, 0.4) is 0 Å². The molecule has 1 heterocycles. The smallest absolute Gasteiger partial charge is 0.0675 e. The predicted molar refractivity (Wildman–Crippen MR) is 75.4 cm³/mol. The largest absolute Gasteiger partial charge is 0.326 e. The van der Waals surface area contributed by atoms with Gasteiger partial charge in [-0.2, -0.15) is 5.10 Å². The number of nitrogens with two attached hydrogens (primary N) is 1. The normalized spacial score (nSPS) is 10.9. The summed E-state index contributed by atoms with van der Waals surface area (Å²) in [4.78, 5) is 0. The molecule has 0 saturated carbocycles. The Labute approximate surface area is 109 Å². The first-order valence-electron chi connectivity index (χ1n) is 6.42. The Bertz CT molecular complexity index is 567. The monoisotopic (exact) mass is 243 g/mol. The molecule has 96 valence electrons. The maximum absolute atomic E-state index is 5.85. The molecule has 0 aliphatic rings. The molecule has 0 saturated heterocycles. The highest BCUT2D eigenvalue weighted by Gasteiger charge is 2.15. The van der Waals surface area contributed by atoms with E-state index in [1.165, 1.54) is 27.9 Å². The Kier molecular flexibility index (Phi) is 3.53. The van der Waals surface area contributed by atoms with Gasteiger partial charge in [-0.15, -0.1) is 0 Å². The van der Waals surface area contributed by atoms with Crippen LogP contribution in [0.1, 0.15) is 29.4 Å². The minimum atomic E-state index is 0.561. The molecular formula is C15H21N3. The van der Waals surface area contributed by atoms with E-state index < -0.39 is 0 Å². The summed E-state index contributed by atoms with van der Waals surface area (Å²) in [6.45, 7) is 9.88. The lowest BCUT2D eigenvalue weighted by Gasteiger charge is -2.10. The molecule has 1 aromatic carbocycles. The van der Waals surface area contributed by atoms with Crippen molar-refractivity contribution in [3.05, 3.63) is 40.7 Å². The molecule has 0 fully saturated rings. The number of benzene rings is 1. The Morgan fingerprint density at radius 3 is 2.50 bits per heavy atom. The van der Waals surface area contributed by atoms with Crippen molar-refractivity contribution in [2.75, 3.05) is 0 Å². The standard InChI is InChI=1S/C15H21N3/c1-5-18-12(4)15(11(3)17-18)14-8-10(2)6-7-13(14)9-16/h6-8H,5,9,16H2,1-4H3. The quantitative estimate of drug-likeness (QED) is 0.900. The molecule has 1 aromatic heterocycles. The lowest BCUT2D eigenvalue weighted by molar-refractivity contribution is 0.634. The molecule has 0 atom stereocenters. The zero-order valence-corrected chi connectivity index (χ0v) is 11.6. The summed E-state index contributed by atoms with van der Waals surface area (Å²) < 4.78 is 2.05. The molecule has 0 unspecified atom stereocenters. The van der Waals surface area contributed by atoms with Gasteiger partial charge >= 0.3 is 0 Å². The van der Waals surface area contributed by atoms with Crippen molar-refractivity contribution in [1.82, 2.24) is 9.78 Å². The van der Waals surface area contributed by atoms with Gasteiger partial charge in [0.15, 0.2) is 0 Å². The highest BCUT2D eigenvalue weighted by Crippen LogP contribution is 2.30. The van der Waals surface area contributed by atoms with Crippen molar-refractivity contribution in [1.29, 1.82) is 0 Å². The Morgan fingerprint density at radius 2 is 1.94 bits per heavy atom. The van der Waals surface area contributed by atoms with E-state index in [9.17, 15) is 0 Å². The van der Waals surface area contributed by atoms with Crippen molar-refractivity contribution in [3.8, 4) is 11.1 Å². The number of rotatable bonds is 3. The summed E-state index contributed by atoms with van der Waals surface area (Å²) in [7, 11) is 0. The molecule has 0 aliphatic carbocycles. The van der Waals surface area contributed by atoms with Crippen LogP contribution in [0.4, 0.5) is 0 Å². The molecule has 18 heavy (non-hydrogen) atoms. The van der Waals surface area contributed by atoms with Crippen LogP contribution < -0.4 is 5.73 Å². The lowest BCUT2D eigenvalue weighted by Crippen LogP contribution is -2.01. The second-order valence-corrected chi connectivity index (χ2v) is 4.73. The topological polar surface area (TPSA) is 43.8 Å². The molecule has 0 amide bonds. The minimum absolute atomic E-state index is 0.561. The minimum Gasteiger partial charge on any atom is -0.326 e. The zero-order chi connectivity index (χ0) is 13.3. The number of nitrogens with zero attached hydrogens (tertiary/aromatic N) is 2. The molecule has 0 spiro atoms. The van der Waals surface area contributed by atoms with Crippen molar-refractivity contribution >= 4 is 0 Å². The van der Waals surface area contributed by atoms with Crippen LogP contribution in [0.2, 0.25) is 0 Å².